The number of hydrogen-bond donors (Lipinski definition) is 0. The van der Waals surface area contributed by atoms with Gasteiger partial charge in [0, 0.05) is 6.92 Å². The van der Waals surface area contributed by atoms with Gasteiger partial charge in [-0.2, -0.15) is 0 Å². The number of hydrogen-bond acceptors (Lipinski definition) is 4. The summed E-state index contributed by atoms with van der Waals surface area (Å²) in [7, 11) is 3.12. The molecule has 0 atom stereocenters. The Balaban J connectivity index is 2.74. The van der Waals surface area contributed by atoms with Crippen LogP contribution in [-0.4, -0.2) is 20.2 Å². The zero-order valence-electron chi connectivity index (χ0n) is 10.5. The van der Waals surface area contributed by atoms with Gasteiger partial charge in [0.2, 0.25) is 0 Å². The summed E-state index contributed by atoms with van der Waals surface area (Å²) in [6.45, 7) is 1.37. The number of carbonyl (C=O) groups excluding carboxylic acids is 1. The van der Waals surface area contributed by atoms with Crippen LogP contribution in [0.4, 0.5) is 0 Å². The van der Waals surface area contributed by atoms with E-state index in [0.717, 1.165) is 10.8 Å². The lowest BCUT2D eigenvalue weighted by Gasteiger charge is -2.13. The van der Waals surface area contributed by atoms with Crippen LogP contribution in [0.25, 0.3) is 10.8 Å². The molecule has 0 aliphatic heterocycles. The molecule has 0 fully saturated rings. The van der Waals surface area contributed by atoms with Crippen molar-refractivity contribution >= 4 is 16.7 Å². The Morgan fingerprint density at radius 2 is 1.78 bits per heavy atom. The number of methoxy groups -OCH3 is 2. The van der Waals surface area contributed by atoms with Crippen molar-refractivity contribution in [1.29, 1.82) is 0 Å². The van der Waals surface area contributed by atoms with Crippen LogP contribution >= 0.6 is 0 Å². The van der Waals surface area contributed by atoms with E-state index in [4.69, 9.17) is 14.2 Å². The summed E-state index contributed by atoms with van der Waals surface area (Å²) in [6, 6.07) is 9.19. The summed E-state index contributed by atoms with van der Waals surface area (Å²) < 4.78 is 15.8. The second-order valence-electron chi connectivity index (χ2n) is 3.75. The number of rotatable bonds is 3. The molecule has 94 valence electrons. The number of fused-ring (bicyclic) bond motifs is 1. The molecule has 4 heteroatoms. The van der Waals surface area contributed by atoms with Crippen LogP contribution in [0.2, 0.25) is 0 Å². The quantitative estimate of drug-likeness (QED) is 0.617. The van der Waals surface area contributed by atoms with Crippen LogP contribution in [0.5, 0.6) is 17.2 Å². The molecule has 0 aromatic heterocycles. The molecule has 4 nitrogen and oxygen atoms in total. The fourth-order valence-corrected chi connectivity index (χ4v) is 1.90. The first-order valence-corrected chi connectivity index (χ1v) is 5.49. The van der Waals surface area contributed by atoms with Crippen LogP contribution < -0.4 is 14.2 Å². The van der Waals surface area contributed by atoms with Crippen molar-refractivity contribution < 1.29 is 19.0 Å². The summed E-state index contributed by atoms with van der Waals surface area (Å²) in [6.07, 6.45) is 0. The van der Waals surface area contributed by atoms with E-state index in [9.17, 15) is 4.79 Å². The van der Waals surface area contributed by atoms with Crippen LogP contribution in [0.3, 0.4) is 0 Å². The molecule has 0 saturated heterocycles. The van der Waals surface area contributed by atoms with E-state index in [2.05, 4.69) is 0 Å². The van der Waals surface area contributed by atoms with Crippen LogP contribution in [0, 0.1) is 0 Å². The average molecular weight is 246 g/mol. The monoisotopic (exact) mass is 246 g/mol. The van der Waals surface area contributed by atoms with Gasteiger partial charge in [-0.15, -0.1) is 0 Å². The summed E-state index contributed by atoms with van der Waals surface area (Å²) in [5.74, 6) is 1.26. The van der Waals surface area contributed by atoms with Crippen molar-refractivity contribution in [2.45, 2.75) is 6.92 Å². The van der Waals surface area contributed by atoms with E-state index < -0.39 is 0 Å². The van der Waals surface area contributed by atoms with Gasteiger partial charge in [-0.3, -0.25) is 4.79 Å². The molecule has 0 unspecified atom stereocenters. The molecule has 0 amide bonds. The van der Waals surface area contributed by atoms with Gasteiger partial charge < -0.3 is 14.2 Å². The standard InChI is InChI=1S/C14H14O4/c1-9(15)18-11-6-4-5-10-7-8-12(16-2)14(17-3)13(10)11/h4-8H,1-3H3. The molecular formula is C14H14O4. The fourth-order valence-electron chi connectivity index (χ4n) is 1.90. The van der Waals surface area contributed by atoms with Gasteiger partial charge in [0.1, 0.15) is 5.75 Å². The Morgan fingerprint density at radius 1 is 1.00 bits per heavy atom. The highest BCUT2D eigenvalue weighted by molar-refractivity contribution is 5.97. The van der Waals surface area contributed by atoms with E-state index in [1.54, 1.807) is 20.3 Å². The first-order chi connectivity index (χ1) is 8.67. The van der Waals surface area contributed by atoms with Gasteiger partial charge in [0.15, 0.2) is 11.5 Å². The smallest absolute Gasteiger partial charge is 0.308 e. The van der Waals surface area contributed by atoms with E-state index >= 15 is 0 Å². The Morgan fingerprint density at radius 3 is 2.39 bits per heavy atom. The second kappa shape index (κ2) is 4.96. The van der Waals surface area contributed by atoms with Crippen molar-refractivity contribution in [1.82, 2.24) is 0 Å². The van der Waals surface area contributed by atoms with Crippen molar-refractivity contribution in [3.8, 4) is 17.2 Å². The number of ether oxygens (including phenoxy) is 3. The maximum atomic E-state index is 11.1. The van der Waals surface area contributed by atoms with Gasteiger partial charge in [-0.05, 0) is 17.5 Å². The average Bonchev–Trinajstić information content (AvgIpc) is 2.37. The third kappa shape index (κ3) is 2.09. The van der Waals surface area contributed by atoms with Crippen molar-refractivity contribution in [2.75, 3.05) is 14.2 Å². The first-order valence-electron chi connectivity index (χ1n) is 5.49. The van der Waals surface area contributed by atoms with Crippen LogP contribution in [-0.2, 0) is 4.79 Å². The lowest BCUT2D eigenvalue weighted by atomic mass is 10.1. The van der Waals surface area contributed by atoms with Crippen molar-refractivity contribution in [3.05, 3.63) is 30.3 Å². The van der Waals surface area contributed by atoms with Gasteiger partial charge in [-0.25, -0.2) is 0 Å². The maximum absolute atomic E-state index is 11.1. The van der Waals surface area contributed by atoms with E-state index in [1.807, 2.05) is 24.3 Å². The highest BCUT2D eigenvalue weighted by Gasteiger charge is 2.14. The molecule has 0 radical (unpaired) electrons. The molecule has 0 aliphatic carbocycles. The summed E-state index contributed by atoms with van der Waals surface area (Å²) in [5.41, 5.74) is 0. The molecule has 0 saturated carbocycles. The zero-order valence-corrected chi connectivity index (χ0v) is 10.5. The summed E-state index contributed by atoms with van der Waals surface area (Å²) in [4.78, 5) is 11.1. The molecule has 2 aromatic carbocycles. The third-order valence-electron chi connectivity index (χ3n) is 2.60. The molecule has 18 heavy (non-hydrogen) atoms. The predicted octanol–water partition coefficient (Wildman–Crippen LogP) is 2.78. The van der Waals surface area contributed by atoms with E-state index in [1.165, 1.54) is 6.92 Å². The van der Waals surface area contributed by atoms with Crippen molar-refractivity contribution in [3.63, 3.8) is 0 Å². The highest BCUT2D eigenvalue weighted by atomic mass is 16.5. The number of esters is 1. The first kappa shape index (κ1) is 12.2. The number of carbonyl (C=O) groups is 1. The minimum atomic E-state index is -0.368. The fraction of sp³-hybridized carbons (Fsp3) is 0.214. The second-order valence-corrected chi connectivity index (χ2v) is 3.75. The van der Waals surface area contributed by atoms with Crippen LogP contribution in [0.1, 0.15) is 6.92 Å². The van der Waals surface area contributed by atoms with Crippen molar-refractivity contribution in [2.24, 2.45) is 0 Å². The Kier molecular flexibility index (Phi) is 3.37. The zero-order chi connectivity index (χ0) is 13.1. The van der Waals surface area contributed by atoms with Gasteiger partial charge in [0.05, 0.1) is 19.6 Å². The van der Waals surface area contributed by atoms with E-state index in [0.29, 0.717) is 17.2 Å². The van der Waals surface area contributed by atoms with Gasteiger partial charge in [0.25, 0.3) is 0 Å². The number of benzene rings is 2. The molecule has 0 spiro atoms. The predicted molar refractivity (Wildman–Crippen MR) is 68.4 cm³/mol. The lowest BCUT2D eigenvalue weighted by Crippen LogP contribution is -2.02. The topological polar surface area (TPSA) is 44.8 Å². The summed E-state index contributed by atoms with van der Waals surface area (Å²) >= 11 is 0. The maximum Gasteiger partial charge on any atom is 0.308 e. The summed E-state index contributed by atoms with van der Waals surface area (Å²) in [5, 5.41) is 1.65. The van der Waals surface area contributed by atoms with Gasteiger partial charge in [-0.1, -0.05) is 18.2 Å². The van der Waals surface area contributed by atoms with Crippen LogP contribution in [0.15, 0.2) is 30.3 Å². The van der Waals surface area contributed by atoms with E-state index in [-0.39, 0.29) is 5.97 Å². The molecule has 0 heterocycles. The minimum Gasteiger partial charge on any atom is -0.493 e. The SMILES string of the molecule is COc1ccc2cccc(OC(C)=O)c2c1OC. The largest absolute Gasteiger partial charge is 0.493 e. The third-order valence-corrected chi connectivity index (χ3v) is 2.60. The normalized spacial score (nSPS) is 10.2. The Labute approximate surface area is 105 Å². The Hall–Kier alpha value is -2.23. The highest BCUT2D eigenvalue weighted by Crippen LogP contribution is 2.40. The van der Waals surface area contributed by atoms with Gasteiger partial charge >= 0.3 is 5.97 Å². The Bertz CT molecular complexity index is 590. The molecular weight excluding hydrogens is 232 g/mol. The lowest BCUT2D eigenvalue weighted by molar-refractivity contribution is -0.131. The molecule has 0 aliphatic rings. The molecule has 0 N–H and O–H groups in total. The molecule has 2 aromatic rings. The minimum absolute atomic E-state index is 0.368. The molecule has 2 rings (SSSR count). The molecule has 0 bridgehead atoms.